The lowest BCUT2D eigenvalue weighted by atomic mass is 10.2. The third kappa shape index (κ3) is 4.39. The number of hydrogen-bond acceptors (Lipinski definition) is 9. The smallest absolute Gasteiger partial charge is 0.330 e. The topological polar surface area (TPSA) is 119 Å². The van der Waals surface area contributed by atoms with Crippen LogP contribution in [0.25, 0.3) is 21.1 Å². The molecule has 0 atom stereocenters. The van der Waals surface area contributed by atoms with Crippen molar-refractivity contribution in [2.75, 3.05) is 17.2 Å². The summed E-state index contributed by atoms with van der Waals surface area (Å²) in [5.74, 6) is -0.213. The van der Waals surface area contributed by atoms with Gasteiger partial charge in [-0.15, -0.1) is 11.3 Å². The molecular weight excluding hydrogens is 404 g/mol. The molecule has 3 heterocycles. The van der Waals surface area contributed by atoms with Gasteiger partial charge < -0.3 is 15.4 Å². The molecule has 0 unspecified atom stereocenters. The molecule has 0 aliphatic rings. The van der Waals surface area contributed by atoms with E-state index in [4.69, 9.17) is 4.74 Å². The highest BCUT2D eigenvalue weighted by atomic mass is 32.1. The molecule has 4 rings (SSSR count). The van der Waals surface area contributed by atoms with Crippen molar-refractivity contribution in [2.45, 2.75) is 6.92 Å². The third-order valence-corrected chi connectivity index (χ3v) is 4.82. The van der Waals surface area contributed by atoms with Gasteiger partial charge >= 0.3 is 5.97 Å². The molecule has 0 fully saturated rings. The molecule has 1 amide bonds. The molecule has 10 heteroatoms. The van der Waals surface area contributed by atoms with Gasteiger partial charge in [0.2, 0.25) is 5.91 Å². The van der Waals surface area contributed by atoms with Crippen LogP contribution in [0, 0.1) is 0 Å². The first-order valence-corrected chi connectivity index (χ1v) is 9.87. The number of benzene rings is 1. The number of thiazole rings is 1. The van der Waals surface area contributed by atoms with Crippen LogP contribution < -0.4 is 10.6 Å². The zero-order valence-corrected chi connectivity index (χ0v) is 16.6. The lowest BCUT2D eigenvalue weighted by Gasteiger charge is -2.09. The first-order chi connectivity index (χ1) is 14.6. The van der Waals surface area contributed by atoms with Gasteiger partial charge in [-0.3, -0.25) is 4.79 Å². The maximum Gasteiger partial charge on any atom is 0.330 e. The highest BCUT2D eigenvalue weighted by Gasteiger charge is 2.09. The van der Waals surface area contributed by atoms with Crippen LogP contribution in [0.3, 0.4) is 0 Å². The maximum absolute atomic E-state index is 12.0. The summed E-state index contributed by atoms with van der Waals surface area (Å²) in [5.41, 5.74) is 4.20. The van der Waals surface area contributed by atoms with Gasteiger partial charge in [-0.2, -0.15) is 0 Å². The molecular formula is C20H16N6O3S. The van der Waals surface area contributed by atoms with E-state index in [0.717, 1.165) is 28.1 Å². The Labute approximate surface area is 174 Å². The Balaban J connectivity index is 1.57. The van der Waals surface area contributed by atoms with E-state index in [1.54, 1.807) is 36.0 Å². The van der Waals surface area contributed by atoms with Crippen LogP contribution in [0.5, 0.6) is 0 Å². The largest absolute Gasteiger partial charge is 0.463 e. The molecule has 0 radical (unpaired) electrons. The number of anilines is 3. The minimum absolute atomic E-state index is 0.239. The monoisotopic (exact) mass is 420 g/mol. The molecule has 3 aromatic heterocycles. The van der Waals surface area contributed by atoms with E-state index in [2.05, 4.69) is 30.6 Å². The highest BCUT2D eigenvalue weighted by Crippen LogP contribution is 2.27. The Bertz CT molecular complexity index is 1270. The number of hydrogen-bond donors (Lipinski definition) is 2. The van der Waals surface area contributed by atoms with Crippen LogP contribution in [-0.4, -0.2) is 38.4 Å². The second-order valence-corrected chi connectivity index (χ2v) is 6.93. The zero-order chi connectivity index (χ0) is 20.9. The number of nitrogens with one attached hydrogen (secondary N) is 2. The number of ether oxygens (including phenoxy) is 1. The van der Waals surface area contributed by atoms with E-state index in [0.29, 0.717) is 22.5 Å². The maximum atomic E-state index is 12.0. The van der Waals surface area contributed by atoms with E-state index in [1.165, 1.54) is 6.33 Å². The van der Waals surface area contributed by atoms with Gasteiger partial charge in [0, 0.05) is 23.2 Å². The summed E-state index contributed by atoms with van der Waals surface area (Å²) in [6.45, 7) is 1.93. The molecule has 0 saturated heterocycles. The normalized spacial score (nSPS) is 11.1. The molecule has 30 heavy (non-hydrogen) atoms. The lowest BCUT2D eigenvalue weighted by molar-refractivity contribution is -0.137. The molecule has 0 saturated carbocycles. The fourth-order valence-corrected chi connectivity index (χ4v) is 3.41. The van der Waals surface area contributed by atoms with Gasteiger partial charge in [-0.05, 0) is 31.2 Å². The fourth-order valence-electron chi connectivity index (χ4n) is 2.70. The molecule has 150 valence electrons. The second kappa shape index (κ2) is 8.62. The van der Waals surface area contributed by atoms with E-state index in [9.17, 15) is 9.59 Å². The molecule has 9 nitrogen and oxygen atoms in total. The van der Waals surface area contributed by atoms with Crippen molar-refractivity contribution in [1.82, 2.24) is 19.9 Å². The standard InChI is InChI=1S/C20H16N6O3S/c1-2-29-19(28)6-5-18(27)26-17-8-13-15(9-21-17)22-10-23-20(13)25-12-3-4-14-16(7-12)30-11-24-14/h3-11H,2H2,1H3,(H,21,26,27)(H,22,23,25). The van der Waals surface area contributed by atoms with Crippen molar-refractivity contribution in [3.05, 3.63) is 54.5 Å². The molecule has 0 aliphatic heterocycles. The predicted octanol–water partition coefficient (Wildman–Crippen LogP) is 3.44. The molecule has 2 N–H and O–H groups in total. The summed E-state index contributed by atoms with van der Waals surface area (Å²) < 4.78 is 5.80. The Hall–Kier alpha value is -3.92. The minimum Gasteiger partial charge on any atom is -0.463 e. The van der Waals surface area contributed by atoms with Crippen molar-refractivity contribution < 1.29 is 14.3 Å². The van der Waals surface area contributed by atoms with Crippen molar-refractivity contribution in [1.29, 1.82) is 0 Å². The average molecular weight is 420 g/mol. The Morgan fingerprint density at radius 2 is 2.00 bits per heavy atom. The fraction of sp³-hybridized carbons (Fsp3) is 0.100. The first kappa shape index (κ1) is 19.4. The third-order valence-electron chi connectivity index (χ3n) is 4.02. The summed E-state index contributed by atoms with van der Waals surface area (Å²) >= 11 is 1.55. The number of aromatic nitrogens is 4. The molecule has 0 bridgehead atoms. The van der Waals surface area contributed by atoms with Gasteiger partial charge in [-0.25, -0.2) is 24.7 Å². The Kier molecular flexibility index (Phi) is 5.57. The minimum atomic E-state index is -0.586. The van der Waals surface area contributed by atoms with Crippen LogP contribution in [0.15, 0.2) is 54.5 Å². The highest BCUT2D eigenvalue weighted by molar-refractivity contribution is 7.16. The Morgan fingerprint density at radius 3 is 2.87 bits per heavy atom. The van der Waals surface area contributed by atoms with Crippen LogP contribution >= 0.6 is 11.3 Å². The molecule has 1 aromatic carbocycles. The van der Waals surface area contributed by atoms with Gasteiger partial charge in [-0.1, -0.05) is 0 Å². The number of carbonyl (C=O) groups excluding carboxylic acids is 2. The van der Waals surface area contributed by atoms with Gasteiger partial charge in [0.05, 0.1) is 34.0 Å². The Morgan fingerprint density at radius 1 is 1.10 bits per heavy atom. The van der Waals surface area contributed by atoms with Crippen LogP contribution in [0.1, 0.15) is 6.92 Å². The van der Waals surface area contributed by atoms with E-state index >= 15 is 0 Å². The molecule has 0 spiro atoms. The predicted molar refractivity (Wildman–Crippen MR) is 115 cm³/mol. The number of nitrogens with zero attached hydrogens (tertiary/aromatic N) is 4. The van der Waals surface area contributed by atoms with Crippen molar-refractivity contribution in [3.8, 4) is 0 Å². The number of rotatable bonds is 6. The summed E-state index contributed by atoms with van der Waals surface area (Å²) in [7, 11) is 0. The van der Waals surface area contributed by atoms with E-state index in [1.807, 2.05) is 18.2 Å². The average Bonchev–Trinajstić information content (AvgIpc) is 3.21. The van der Waals surface area contributed by atoms with E-state index in [-0.39, 0.29) is 6.61 Å². The van der Waals surface area contributed by atoms with Gasteiger partial charge in [0.25, 0.3) is 0 Å². The van der Waals surface area contributed by atoms with Gasteiger partial charge in [0.1, 0.15) is 18.0 Å². The number of fused-ring (bicyclic) bond motifs is 2. The van der Waals surface area contributed by atoms with Gasteiger partial charge in [0.15, 0.2) is 0 Å². The number of esters is 1. The SMILES string of the molecule is CCOC(=O)C=CC(=O)Nc1cc2c(Nc3ccc4ncsc4c3)ncnc2cn1. The van der Waals surface area contributed by atoms with Crippen molar-refractivity contribution in [2.24, 2.45) is 0 Å². The van der Waals surface area contributed by atoms with E-state index < -0.39 is 11.9 Å². The first-order valence-electron chi connectivity index (χ1n) is 8.99. The summed E-state index contributed by atoms with van der Waals surface area (Å²) in [6.07, 6.45) is 5.14. The molecule has 4 aromatic rings. The van der Waals surface area contributed by atoms with Crippen LogP contribution in [0.4, 0.5) is 17.3 Å². The second-order valence-electron chi connectivity index (χ2n) is 6.04. The van der Waals surface area contributed by atoms with Crippen molar-refractivity contribution >= 4 is 61.7 Å². The quantitative estimate of drug-likeness (QED) is 0.360. The van der Waals surface area contributed by atoms with Crippen LogP contribution in [-0.2, 0) is 14.3 Å². The molecule has 0 aliphatic carbocycles. The number of carbonyl (C=O) groups is 2. The summed E-state index contributed by atoms with van der Waals surface area (Å²) in [4.78, 5) is 40.4. The zero-order valence-electron chi connectivity index (χ0n) is 15.8. The summed E-state index contributed by atoms with van der Waals surface area (Å²) in [6, 6.07) is 7.50. The number of amides is 1. The lowest BCUT2D eigenvalue weighted by Crippen LogP contribution is -2.11. The van der Waals surface area contributed by atoms with Crippen LogP contribution in [0.2, 0.25) is 0 Å². The summed E-state index contributed by atoms with van der Waals surface area (Å²) in [5, 5.41) is 6.57. The number of pyridine rings is 1. The van der Waals surface area contributed by atoms with Crippen molar-refractivity contribution in [3.63, 3.8) is 0 Å².